The highest BCUT2D eigenvalue weighted by molar-refractivity contribution is 5.69. The van der Waals surface area contributed by atoms with Gasteiger partial charge in [-0.05, 0) is 31.5 Å². The molecule has 0 saturated carbocycles. The van der Waals surface area contributed by atoms with Crippen LogP contribution in [-0.4, -0.2) is 15.7 Å². The van der Waals surface area contributed by atoms with E-state index < -0.39 is 5.97 Å². The number of nitrogen functional groups attached to an aromatic ring is 1. The number of aryl methyl sites for hydroxylation is 1. The number of ether oxygens (including phenoxy) is 1. The van der Waals surface area contributed by atoms with Crippen LogP contribution in [0.3, 0.4) is 0 Å². The predicted octanol–water partition coefficient (Wildman–Crippen LogP) is 1.70. The van der Waals surface area contributed by atoms with Crippen LogP contribution in [0, 0.1) is 25.2 Å². The summed E-state index contributed by atoms with van der Waals surface area (Å²) >= 11 is 0. The Morgan fingerprint density at radius 2 is 2.24 bits per heavy atom. The molecule has 0 saturated heterocycles. The molecule has 0 radical (unpaired) electrons. The molecule has 6 heteroatoms. The van der Waals surface area contributed by atoms with Crippen LogP contribution in [0.1, 0.15) is 22.5 Å². The Balaban J connectivity index is 1.96. The van der Waals surface area contributed by atoms with Crippen LogP contribution in [0.5, 0.6) is 0 Å². The van der Waals surface area contributed by atoms with E-state index in [2.05, 4.69) is 5.10 Å². The maximum atomic E-state index is 11.8. The third-order valence-corrected chi connectivity index (χ3v) is 3.17. The molecule has 0 unspecified atom stereocenters. The Kier molecular flexibility index (Phi) is 4.24. The van der Waals surface area contributed by atoms with Crippen molar-refractivity contribution in [3.8, 4) is 6.07 Å². The average molecular weight is 284 g/mol. The number of nitriles is 1. The number of hydrogen-bond donors (Lipinski definition) is 1. The normalized spacial score (nSPS) is 10.1. The summed E-state index contributed by atoms with van der Waals surface area (Å²) in [7, 11) is 0. The highest BCUT2D eigenvalue weighted by atomic mass is 16.5. The molecule has 108 valence electrons. The molecule has 0 amide bonds. The van der Waals surface area contributed by atoms with E-state index in [9.17, 15) is 4.79 Å². The molecule has 2 rings (SSSR count). The van der Waals surface area contributed by atoms with Gasteiger partial charge in [0.1, 0.15) is 13.2 Å². The van der Waals surface area contributed by atoms with Gasteiger partial charge in [-0.2, -0.15) is 10.4 Å². The Morgan fingerprint density at radius 3 is 2.86 bits per heavy atom. The summed E-state index contributed by atoms with van der Waals surface area (Å²) in [5, 5.41) is 13.0. The number of carbonyl (C=O) groups excluding carboxylic acids is 1. The Hall–Kier alpha value is -2.81. The summed E-state index contributed by atoms with van der Waals surface area (Å²) in [6.07, 6.45) is 0. The third kappa shape index (κ3) is 3.39. The van der Waals surface area contributed by atoms with Gasteiger partial charge in [-0.1, -0.05) is 12.1 Å². The van der Waals surface area contributed by atoms with E-state index in [-0.39, 0.29) is 13.2 Å². The highest BCUT2D eigenvalue weighted by Crippen LogP contribution is 2.14. The molecule has 0 aliphatic rings. The van der Waals surface area contributed by atoms with E-state index >= 15 is 0 Å². The molecule has 0 fully saturated rings. The van der Waals surface area contributed by atoms with Gasteiger partial charge in [0.2, 0.25) is 0 Å². The van der Waals surface area contributed by atoms with Gasteiger partial charge in [0.25, 0.3) is 0 Å². The molecule has 0 aliphatic heterocycles. The molecule has 2 N–H and O–H groups in total. The Morgan fingerprint density at radius 1 is 1.48 bits per heavy atom. The van der Waals surface area contributed by atoms with E-state index in [0.717, 1.165) is 11.3 Å². The lowest BCUT2D eigenvalue weighted by Gasteiger charge is -2.06. The number of aromatic nitrogens is 2. The molecule has 0 bridgehead atoms. The molecular formula is C15H16N4O2. The molecule has 0 atom stereocenters. The van der Waals surface area contributed by atoms with Gasteiger partial charge >= 0.3 is 5.97 Å². The summed E-state index contributed by atoms with van der Waals surface area (Å²) in [5.74, 6) is -0.400. The molecule has 6 nitrogen and oxygen atoms in total. The summed E-state index contributed by atoms with van der Waals surface area (Å²) < 4.78 is 6.71. The van der Waals surface area contributed by atoms with Crippen molar-refractivity contribution >= 4 is 11.7 Å². The minimum Gasteiger partial charge on any atom is -0.459 e. The summed E-state index contributed by atoms with van der Waals surface area (Å²) in [6.45, 7) is 3.74. The van der Waals surface area contributed by atoms with Crippen molar-refractivity contribution in [1.82, 2.24) is 9.78 Å². The monoisotopic (exact) mass is 284 g/mol. The Bertz CT molecular complexity index is 713. The van der Waals surface area contributed by atoms with Crippen molar-refractivity contribution in [2.45, 2.75) is 27.0 Å². The van der Waals surface area contributed by atoms with Crippen molar-refractivity contribution in [3.05, 3.63) is 46.8 Å². The van der Waals surface area contributed by atoms with E-state index in [1.165, 1.54) is 4.68 Å². The van der Waals surface area contributed by atoms with E-state index in [4.69, 9.17) is 15.7 Å². The van der Waals surface area contributed by atoms with Gasteiger partial charge in [-0.25, -0.2) is 0 Å². The minimum atomic E-state index is -0.400. The molecular weight excluding hydrogens is 268 g/mol. The van der Waals surface area contributed by atoms with E-state index in [1.54, 1.807) is 38.1 Å². The van der Waals surface area contributed by atoms with Crippen molar-refractivity contribution in [2.75, 3.05) is 5.73 Å². The minimum absolute atomic E-state index is 0.0157. The first-order chi connectivity index (χ1) is 10.0. The van der Waals surface area contributed by atoms with Gasteiger partial charge in [0, 0.05) is 0 Å². The highest BCUT2D eigenvalue weighted by Gasteiger charge is 2.12. The zero-order valence-electron chi connectivity index (χ0n) is 12.0. The van der Waals surface area contributed by atoms with Crippen LogP contribution < -0.4 is 5.73 Å². The fourth-order valence-corrected chi connectivity index (χ4v) is 1.93. The number of carbonyl (C=O) groups is 1. The third-order valence-electron chi connectivity index (χ3n) is 3.17. The van der Waals surface area contributed by atoms with E-state index in [0.29, 0.717) is 16.9 Å². The molecule has 1 aromatic heterocycles. The SMILES string of the molecule is Cc1nn(CC(=O)OCc2cccc(C#N)c2)c(C)c1N. The zero-order chi connectivity index (χ0) is 15.4. The van der Waals surface area contributed by atoms with Gasteiger partial charge in [0.15, 0.2) is 0 Å². The number of nitrogens with zero attached hydrogens (tertiary/aromatic N) is 3. The van der Waals surface area contributed by atoms with Crippen molar-refractivity contribution in [2.24, 2.45) is 0 Å². The first-order valence-electron chi connectivity index (χ1n) is 6.45. The smallest absolute Gasteiger partial charge is 0.328 e. The fraction of sp³-hybridized carbons (Fsp3) is 0.267. The quantitative estimate of drug-likeness (QED) is 0.862. The summed E-state index contributed by atoms with van der Waals surface area (Å²) in [6, 6.07) is 8.98. The molecule has 0 aliphatic carbocycles. The van der Waals surface area contributed by atoms with E-state index in [1.807, 2.05) is 6.07 Å². The van der Waals surface area contributed by atoms with Crippen LogP contribution in [0.4, 0.5) is 5.69 Å². The lowest BCUT2D eigenvalue weighted by Crippen LogP contribution is -2.15. The van der Waals surface area contributed by atoms with Crippen molar-refractivity contribution < 1.29 is 9.53 Å². The van der Waals surface area contributed by atoms with Crippen LogP contribution in [0.25, 0.3) is 0 Å². The second-order valence-corrected chi connectivity index (χ2v) is 4.72. The first-order valence-corrected chi connectivity index (χ1v) is 6.45. The van der Waals surface area contributed by atoms with Crippen LogP contribution >= 0.6 is 0 Å². The molecule has 21 heavy (non-hydrogen) atoms. The number of benzene rings is 1. The maximum Gasteiger partial charge on any atom is 0.328 e. The van der Waals surface area contributed by atoms with Crippen LogP contribution in [0.15, 0.2) is 24.3 Å². The van der Waals surface area contributed by atoms with Gasteiger partial charge in [-0.3, -0.25) is 9.48 Å². The van der Waals surface area contributed by atoms with Gasteiger partial charge in [0.05, 0.1) is 28.7 Å². The number of rotatable bonds is 4. The largest absolute Gasteiger partial charge is 0.459 e. The second kappa shape index (κ2) is 6.09. The first kappa shape index (κ1) is 14.6. The lowest BCUT2D eigenvalue weighted by molar-refractivity contribution is -0.145. The second-order valence-electron chi connectivity index (χ2n) is 4.72. The van der Waals surface area contributed by atoms with Gasteiger partial charge < -0.3 is 10.5 Å². The summed E-state index contributed by atoms with van der Waals surface area (Å²) in [5.41, 5.74) is 9.15. The number of esters is 1. The number of hydrogen-bond acceptors (Lipinski definition) is 5. The standard InChI is InChI=1S/C15H16N4O2/c1-10-15(17)11(2)19(18-10)8-14(20)21-9-13-5-3-4-12(6-13)7-16/h3-6H,8-9,17H2,1-2H3. The number of anilines is 1. The van der Waals surface area contributed by atoms with Crippen molar-refractivity contribution in [1.29, 1.82) is 5.26 Å². The zero-order valence-corrected chi connectivity index (χ0v) is 12.0. The Labute approximate surface area is 122 Å². The lowest BCUT2D eigenvalue weighted by atomic mass is 10.1. The molecule has 1 aromatic carbocycles. The molecule has 0 spiro atoms. The van der Waals surface area contributed by atoms with Crippen LogP contribution in [0.2, 0.25) is 0 Å². The van der Waals surface area contributed by atoms with Crippen molar-refractivity contribution in [3.63, 3.8) is 0 Å². The topological polar surface area (TPSA) is 93.9 Å². The van der Waals surface area contributed by atoms with Crippen LogP contribution in [-0.2, 0) is 22.7 Å². The predicted molar refractivity (Wildman–Crippen MR) is 77.1 cm³/mol. The average Bonchev–Trinajstić information content (AvgIpc) is 2.72. The van der Waals surface area contributed by atoms with Gasteiger partial charge in [-0.15, -0.1) is 0 Å². The maximum absolute atomic E-state index is 11.8. The summed E-state index contributed by atoms with van der Waals surface area (Å²) in [4.78, 5) is 11.8. The number of nitrogens with two attached hydrogens (primary N) is 1. The molecule has 1 heterocycles. The fourth-order valence-electron chi connectivity index (χ4n) is 1.93. The molecule has 2 aromatic rings.